The van der Waals surface area contributed by atoms with Gasteiger partial charge in [-0.1, -0.05) is 22.9 Å². The Morgan fingerprint density at radius 2 is 2.09 bits per heavy atom. The van der Waals surface area contributed by atoms with Crippen molar-refractivity contribution in [1.82, 2.24) is 0 Å². The van der Waals surface area contributed by atoms with Crippen molar-refractivity contribution in [2.75, 3.05) is 7.11 Å². The van der Waals surface area contributed by atoms with Gasteiger partial charge in [-0.05, 0) is 70.3 Å². The minimum absolute atomic E-state index is 0.149. The molecule has 0 aromatic heterocycles. The molecule has 2 aliphatic rings. The molecule has 0 heterocycles. The molecule has 0 aliphatic heterocycles. The molecule has 3 heteroatoms. The third kappa shape index (κ3) is 1.95. The number of fused-ring (bicyclic) bond motifs is 5. The normalized spacial score (nSPS) is 26.9. The quantitative estimate of drug-likeness (QED) is 0.716. The van der Waals surface area contributed by atoms with Crippen molar-refractivity contribution in [2.24, 2.45) is 5.41 Å². The molecule has 2 atom stereocenters. The number of carbonyl (C=O) groups is 1. The third-order valence-corrected chi connectivity index (χ3v) is 6.29. The third-order valence-electron chi connectivity index (χ3n) is 5.64. The molecule has 4 rings (SSSR count). The van der Waals surface area contributed by atoms with Gasteiger partial charge in [-0.15, -0.1) is 0 Å². The molecule has 2 aromatic carbocycles. The molecule has 114 valence electrons. The molecule has 1 fully saturated rings. The molecule has 0 amide bonds. The van der Waals surface area contributed by atoms with Crippen molar-refractivity contribution in [3.63, 3.8) is 0 Å². The Hall–Kier alpha value is -1.35. The number of hydrogen-bond acceptors (Lipinski definition) is 2. The molecule has 0 unspecified atom stereocenters. The lowest BCUT2D eigenvalue weighted by Gasteiger charge is -2.38. The lowest BCUT2D eigenvalue weighted by Crippen LogP contribution is -2.26. The number of carbonyl (C=O) groups excluding carboxylic acids is 1. The van der Waals surface area contributed by atoms with Crippen LogP contribution in [-0.4, -0.2) is 12.9 Å². The number of ether oxygens (including phenoxy) is 1. The van der Waals surface area contributed by atoms with Crippen LogP contribution in [0.1, 0.15) is 43.2 Å². The highest BCUT2D eigenvalue weighted by molar-refractivity contribution is 9.10. The van der Waals surface area contributed by atoms with Gasteiger partial charge in [0.25, 0.3) is 0 Å². The molecule has 0 spiro atoms. The summed E-state index contributed by atoms with van der Waals surface area (Å²) in [6.07, 6.45) is 3.59. The Kier molecular flexibility index (Phi) is 3.12. The summed E-state index contributed by atoms with van der Waals surface area (Å²) >= 11 is 3.73. The summed E-state index contributed by atoms with van der Waals surface area (Å²) in [5.41, 5.74) is 2.93. The topological polar surface area (TPSA) is 26.3 Å². The SMILES string of the molecule is COc1ccc2c(Br)cc3c(c2c1)CC[C@]1(C)CC(=O)C[C@@H]31. The number of aryl methyl sites for hydroxylation is 1. The van der Waals surface area contributed by atoms with E-state index in [1.807, 2.05) is 6.07 Å². The van der Waals surface area contributed by atoms with E-state index in [0.717, 1.165) is 29.5 Å². The molecule has 2 nitrogen and oxygen atoms in total. The fourth-order valence-electron chi connectivity index (χ4n) is 4.43. The number of ketones is 1. The van der Waals surface area contributed by atoms with Gasteiger partial charge in [0.1, 0.15) is 11.5 Å². The molecule has 0 radical (unpaired) electrons. The number of halogens is 1. The van der Waals surface area contributed by atoms with Gasteiger partial charge < -0.3 is 4.74 Å². The van der Waals surface area contributed by atoms with Crippen LogP contribution < -0.4 is 4.74 Å². The van der Waals surface area contributed by atoms with Gasteiger partial charge >= 0.3 is 0 Å². The lowest BCUT2D eigenvalue weighted by molar-refractivity contribution is -0.118. The van der Waals surface area contributed by atoms with Crippen LogP contribution in [0, 0.1) is 5.41 Å². The summed E-state index contributed by atoms with van der Waals surface area (Å²) in [6.45, 7) is 2.29. The predicted octanol–water partition coefficient (Wildman–Crippen LogP) is 5.01. The number of rotatable bonds is 1. The first-order chi connectivity index (χ1) is 10.5. The first kappa shape index (κ1) is 14.3. The van der Waals surface area contributed by atoms with E-state index in [4.69, 9.17) is 4.74 Å². The summed E-state index contributed by atoms with van der Waals surface area (Å²) in [6, 6.07) is 8.51. The maximum absolute atomic E-state index is 12.0. The molecule has 0 N–H and O–H groups in total. The second kappa shape index (κ2) is 4.82. The van der Waals surface area contributed by atoms with Gasteiger partial charge in [-0.2, -0.15) is 0 Å². The van der Waals surface area contributed by atoms with Crippen LogP contribution in [0.4, 0.5) is 0 Å². The van der Waals surface area contributed by atoms with Crippen LogP contribution in [-0.2, 0) is 11.2 Å². The zero-order chi connectivity index (χ0) is 15.5. The number of Topliss-reactive ketones (excluding diaryl/α,β-unsaturated/α-hetero) is 1. The monoisotopic (exact) mass is 358 g/mol. The molecule has 1 saturated carbocycles. The van der Waals surface area contributed by atoms with E-state index in [1.54, 1.807) is 7.11 Å². The minimum atomic E-state index is 0.149. The van der Waals surface area contributed by atoms with Crippen LogP contribution in [0.2, 0.25) is 0 Å². The first-order valence-corrected chi connectivity index (χ1v) is 8.62. The van der Waals surface area contributed by atoms with Crippen LogP contribution in [0.3, 0.4) is 0 Å². The average Bonchev–Trinajstić information content (AvgIpc) is 2.81. The molecular weight excluding hydrogens is 340 g/mol. The molecule has 2 aromatic rings. The lowest BCUT2D eigenvalue weighted by atomic mass is 9.66. The Labute approximate surface area is 139 Å². The highest BCUT2D eigenvalue weighted by Crippen LogP contribution is 2.55. The van der Waals surface area contributed by atoms with Gasteiger partial charge in [-0.3, -0.25) is 4.79 Å². The zero-order valence-corrected chi connectivity index (χ0v) is 14.5. The van der Waals surface area contributed by atoms with E-state index in [2.05, 4.69) is 41.1 Å². The number of hydrogen-bond donors (Lipinski definition) is 0. The van der Waals surface area contributed by atoms with Crippen molar-refractivity contribution in [2.45, 2.75) is 38.5 Å². The van der Waals surface area contributed by atoms with Crippen molar-refractivity contribution in [3.8, 4) is 5.75 Å². The molecule has 0 saturated heterocycles. The summed E-state index contributed by atoms with van der Waals surface area (Å²) in [7, 11) is 1.71. The van der Waals surface area contributed by atoms with Crippen LogP contribution in [0.5, 0.6) is 5.75 Å². The van der Waals surface area contributed by atoms with Gasteiger partial charge in [0, 0.05) is 17.3 Å². The van der Waals surface area contributed by atoms with Gasteiger partial charge in [0.2, 0.25) is 0 Å². The summed E-state index contributed by atoms with van der Waals surface area (Å²) in [5.74, 6) is 1.68. The fourth-order valence-corrected chi connectivity index (χ4v) is 5.03. The summed E-state index contributed by atoms with van der Waals surface area (Å²) in [5, 5.41) is 2.50. The maximum atomic E-state index is 12.0. The van der Waals surface area contributed by atoms with E-state index in [0.29, 0.717) is 18.1 Å². The minimum Gasteiger partial charge on any atom is -0.497 e. The predicted molar refractivity (Wildman–Crippen MR) is 91.6 cm³/mol. The summed E-state index contributed by atoms with van der Waals surface area (Å²) < 4.78 is 6.53. The smallest absolute Gasteiger partial charge is 0.134 e. The largest absolute Gasteiger partial charge is 0.497 e. The Morgan fingerprint density at radius 1 is 1.27 bits per heavy atom. The average molecular weight is 359 g/mol. The van der Waals surface area contributed by atoms with Crippen molar-refractivity contribution in [1.29, 1.82) is 0 Å². The highest BCUT2D eigenvalue weighted by Gasteiger charge is 2.47. The Morgan fingerprint density at radius 3 is 2.86 bits per heavy atom. The molecule has 0 bridgehead atoms. The number of methoxy groups -OCH3 is 1. The number of benzene rings is 2. The molecule has 2 aliphatic carbocycles. The standard InChI is InChI=1S/C19H19BrO2/c1-19-6-5-13-15-8-12(22-2)3-4-14(15)18(20)9-16(13)17(19)7-11(21)10-19/h3-4,8-9,17H,5-7,10H2,1-2H3/t17-,19+/m0/s1. The zero-order valence-electron chi connectivity index (χ0n) is 12.9. The van der Waals surface area contributed by atoms with E-state index >= 15 is 0 Å². The van der Waals surface area contributed by atoms with Gasteiger partial charge in [-0.25, -0.2) is 0 Å². The maximum Gasteiger partial charge on any atom is 0.134 e. The van der Waals surface area contributed by atoms with Crippen molar-refractivity contribution < 1.29 is 9.53 Å². The Bertz CT molecular complexity index is 796. The highest BCUT2D eigenvalue weighted by atomic mass is 79.9. The van der Waals surface area contributed by atoms with Crippen molar-refractivity contribution >= 4 is 32.5 Å². The van der Waals surface area contributed by atoms with Crippen LogP contribution in [0.25, 0.3) is 10.8 Å². The van der Waals surface area contributed by atoms with Gasteiger partial charge in [0.15, 0.2) is 0 Å². The second-order valence-corrected chi connectivity index (χ2v) is 7.82. The second-order valence-electron chi connectivity index (χ2n) is 6.96. The van der Waals surface area contributed by atoms with E-state index in [9.17, 15) is 4.79 Å². The van der Waals surface area contributed by atoms with E-state index < -0.39 is 0 Å². The van der Waals surface area contributed by atoms with Gasteiger partial charge in [0.05, 0.1) is 7.11 Å². The van der Waals surface area contributed by atoms with E-state index in [1.165, 1.54) is 21.9 Å². The fraction of sp³-hybridized carbons (Fsp3) is 0.421. The Balaban J connectivity index is 1.98. The van der Waals surface area contributed by atoms with Crippen LogP contribution in [0.15, 0.2) is 28.7 Å². The van der Waals surface area contributed by atoms with E-state index in [-0.39, 0.29) is 5.41 Å². The molecule has 22 heavy (non-hydrogen) atoms. The molecular formula is C19H19BrO2. The summed E-state index contributed by atoms with van der Waals surface area (Å²) in [4.78, 5) is 12.0. The van der Waals surface area contributed by atoms with Crippen molar-refractivity contribution in [3.05, 3.63) is 39.9 Å². The van der Waals surface area contributed by atoms with Crippen LogP contribution >= 0.6 is 15.9 Å². The first-order valence-electron chi connectivity index (χ1n) is 7.82.